The van der Waals surface area contributed by atoms with E-state index in [0.717, 1.165) is 12.3 Å². The van der Waals surface area contributed by atoms with Crippen LogP contribution in [-0.2, 0) is 22.3 Å². The first-order valence-electron chi connectivity index (χ1n) is 10.9. The van der Waals surface area contributed by atoms with Crippen LogP contribution in [0.5, 0.6) is 0 Å². The summed E-state index contributed by atoms with van der Waals surface area (Å²) in [5, 5.41) is 2.70. The lowest BCUT2D eigenvalue weighted by Gasteiger charge is -2.28. The highest BCUT2D eigenvalue weighted by molar-refractivity contribution is 5.94. The molecule has 0 bridgehead atoms. The van der Waals surface area contributed by atoms with Gasteiger partial charge in [0.05, 0.1) is 11.3 Å². The Morgan fingerprint density at radius 2 is 1.89 bits per heavy atom. The molecule has 188 valence electrons. The number of amides is 3. The Morgan fingerprint density at radius 3 is 2.46 bits per heavy atom. The van der Waals surface area contributed by atoms with Crippen LogP contribution in [0, 0.1) is 0 Å². The molecule has 1 aliphatic heterocycles. The third-order valence-electron chi connectivity index (χ3n) is 5.24. The van der Waals surface area contributed by atoms with Crippen molar-refractivity contribution in [1.82, 2.24) is 20.2 Å². The van der Waals surface area contributed by atoms with E-state index in [4.69, 9.17) is 10.5 Å². The molecule has 1 aliphatic rings. The fourth-order valence-electron chi connectivity index (χ4n) is 3.61. The van der Waals surface area contributed by atoms with Gasteiger partial charge in [0.25, 0.3) is 5.91 Å². The summed E-state index contributed by atoms with van der Waals surface area (Å²) in [5.41, 5.74) is 4.56. The largest absolute Gasteiger partial charge is 0.444 e. The summed E-state index contributed by atoms with van der Waals surface area (Å²) in [6.45, 7) is 5.46. The minimum absolute atomic E-state index is 0.0457. The predicted molar refractivity (Wildman–Crippen MR) is 119 cm³/mol. The number of hydrogen-bond donors (Lipinski definition) is 2. The first-order chi connectivity index (χ1) is 16.3. The monoisotopic (exact) mass is 493 g/mol. The summed E-state index contributed by atoms with van der Waals surface area (Å²) >= 11 is 0. The second kappa shape index (κ2) is 9.88. The Balaban J connectivity index is 1.77. The number of nitrogens with two attached hydrogens (primary N) is 1. The Labute approximate surface area is 199 Å². The van der Waals surface area contributed by atoms with Crippen molar-refractivity contribution in [3.63, 3.8) is 0 Å². The van der Waals surface area contributed by atoms with Gasteiger partial charge in [0.15, 0.2) is 0 Å². The number of ether oxygens (including phenoxy) is 1. The molecule has 9 nitrogen and oxygen atoms in total. The first kappa shape index (κ1) is 25.9. The van der Waals surface area contributed by atoms with Crippen molar-refractivity contribution in [3.05, 3.63) is 47.4 Å². The summed E-state index contributed by atoms with van der Waals surface area (Å²) in [4.78, 5) is 46.0. The van der Waals surface area contributed by atoms with Crippen LogP contribution in [-0.4, -0.2) is 51.0 Å². The molecule has 3 amide bonds. The third-order valence-corrected chi connectivity index (χ3v) is 5.24. The number of aromatic nitrogens is 2. The van der Waals surface area contributed by atoms with Crippen LogP contribution in [0.25, 0.3) is 11.3 Å². The van der Waals surface area contributed by atoms with Crippen LogP contribution in [0.1, 0.15) is 55.2 Å². The molecule has 0 aliphatic carbocycles. The van der Waals surface area contributed by atoms with Gasteiger partial charge in [0.1, 0.15) is 17.3 Å². The smallest absolute Gasteiger partial charge is 0.433 e. The highest BCUT2D eigenvalue weighted by atomic mass is 19.4. The molecule has 1 saturated heterocycles. The number of rotatable bonds is 5. The zero-order valence-corrected chi connectivity index (χ0v) is 19.5. The lowest BCUT2D eigenvalue weighted by Crippen LogP contribution is -2.47. The third kappa shape index (κ3) is 6.46. The van der Waals surface area contributed by atoms with Gasteiger partial charge in [-0.2, -0.15) is 13.2 Å². The van der Waals surface area contributed by atoms with Gasteiger partial charge in [0.2, 0.25) is 5.91 Å². The fourth-order valence-corrected chi connectivity index (χ4v) is 3.61. The zero-order chi connectivity index (χ0) is 26.0. The molecular weight excluding hydrogens is 467 g/mol. The highest BCUT2D eigenvalue weighted by Crippen LogP contribution is 2.29. The van der Waals surface area contributed by atoms with E-state index in [9.17, 15) is 27.6 Å². The highest BCUT2D eigenvalue weighted by Gasteiger charge is 2.36. The fraction of sp³-hybridized carbons (Fsp3) is 0.435. The van der Waals surface area contributed by atoms with Gasteiger partial charge in [-0.05, 0) is 57.4 Å². The van der Waals surface area contributed by atoms with Crippen molar-refractivity contribution in [3.8, 4) is 11.3 Å². The van der Waals surface area contributed by atoms with E-state index in [1.165, 1.54) is 23.2 Å². The number of nitrogens with zero attached hydrogens (tertiary/aromatic N) is 3. The number of likely N-dealkylation sites (tertiary alicyclic amines) is 1. The van der Waals surface area contributed by atoms with E-state index < -0.39 is 41.4 Å². The number of halogens is 3. The van der Waals surface area contributed by atoms with Crippen LogP contribution in [0.4, 0.5) is 18.0 Å². The molecule has 2 aromatic rings. The van der Waals surface area contributed by atoms with E-state index in [0.29, 0.717) is 24.9 Å². The number of alkyl halides is 3. The van der Waals surface area contributed by atoms with Crippen LogP contribution in [0.15, 0.2) is 30.6 Å². The summed E-state index contributed by atoms with van der Waals surface area (Å²) in [7, 11) is 0. The number of carbonyl (C=O) groups excluding carboxylic acids is 3. The molecule has 3 rings (SSSR count). The summed E-state index contributed by atoms with van der Waals surface area (Å²) < 4.78 is 43.7. The van der Waals surface area contributed by atoms with E-state index in [1.54, 1.807) is 20.8 Å². The second-order valence-electron chi connectivity index (χ2n) is 9.07. The van der Waals surface area contributed by atoms with Gasteiger partial charge in [0, 0.05) is 31.0 Å². The topological polar surface area (TPSA) is 128 Å². The molecule has 0 aromatic carbocycles. The number of primary amides is 1. The zero-order valence-electron chi connectivity index (χ0n) is 19.5. The Morgan fingerprint density at radius 1 is 1.17 bits per heavy atom. The number of carbonyl (C=O) groups is 3. The second-order valence-corrected chi connectivity index (χ2v) is 9.07. The van der Waals surface area contributed by atoms with Crippen molar-refractivity contribution < 1.29 is 32.3 Å². The average molecular weight is 493 g/mol. The maximum Gasteiger partial charge on any atom is 0.433 e. The molecule has 2 aromatic heterocycles. The van der Waals surface area contributed by atoms with Gasteiger partial charge in [-0.25, -0.2) is 4.79 Å². The minimum Gasteiger partial charge on any atom is -0.444 e. The normalized spacial score (nSPS) is 16.2. The molecule has 0 saturated carbocycles. The first-order valence-corrected chi connectivity index (χ1v) is 10.9. The SMILES string of the molecule is CC(C)(C)OC(=O)N1CCC[C@H]1C(=O)NCc1cc(-c2ccc(C(F)(F)F)nc2)ncc1C(N)=O. The van der Waals surface area contributed by atoms with Gasteiger partial charge in [-0.15, -0.1) is 0 Å². The van der Waals surface area contributed by atoms with Gasteiger partial charge < -0.3 is 15.8 Å². The molecule has 3 heterocycles. The van der Waals surface area contributed by atoms with Crippen LogP contribution in [0.2, 0.25) is 0 Å². The van der Waals surface area contributed by atoms with Crippen molar-refractivity contribution in [1.29, 1.82) is 0 Å². The number of pyridine rings is 2. The van der Waals surface area contributed by atoms with E-state index >= 15 is 0 Å². The molecule has 3 N–H and O–H groups in total. The molecule has 0 radical (unpaired) electrons. The maximum absolute atomic E-state index is 12.9. The lowest BCUT2D eigenvalue weighted by atomic mass is 10.1. The maximum atomic E-state index is 12.9. The van der Waals surface area contributed by atoms with E-state index in [1.807, 2.05) is 0 Å². The van der Waals surface area contributed by atoms with Crippen molar-refractivity contribution in [2.24, 2.45) is 5.73 Å². The lowest BCUT2D eigenvalue weighted by molar-refractivity contribution is -0.141. The molecular formula is C23H26F3N5O4. The summed E-state index contributed by atoms with van der Waals surface area (Å²) in [6, 6.07) is 2.75. The predicted octanol–water partition coefficient (Wildman–Crippen LogP) is 3.28. The number of nitrogens with one attached hydrogen (secondary N) is 1. The van der Waals surface area contributed by atoms with Crippen LogP contribution >= 0.6 is 0 Å². The Bertz CT molecular complexity index is 1110. The van der Waals surface area contributed by atoms with Gasteiger partial charge in [-0.3, -0.25) is 24.5 Å². The van der Waals surface area contributed by atoms with Crippen molar-refractivity contribution in [2.75, 3.05) is 6.54 Å². The number of hydrogen-bond acceptors (Lipinski definition) is 6. The molecule has 0 spiro atoms. The Hall–Kier alpha value is -3.70. The molecule has 12 heteroatoms. The van der Waals surface area contributed by atoms with Crippen LogP contribution < -0.4 is 11.1 Å². The summed E-state index contributed by atoms with van der Waals surface area (Å²) in [5.74, 6) is -1.21. The molecule has 0 unspecified atom stereocenters. The molecule has 35 heavy (non-hydrogen) atoms. The standard InChI is InChI=1S/C23H26F3N5O4/c1-22(2,3)35-21(34)31-8-4-5-17(31)20(33)30-11-14-9-16(28-12-15(14)19(27)32)13-6-7-18(29-10-13)23(24,25)26/h6-7,9-10,12,17H,4-5,8,11H2,1-3H3,(H2,27,32)(H,30,33)/t17-/m0/s1. The average Bonchev–Trinajstić information content (AvgIpc) is 3.26. The van der Waals surface area contributed by atoms with Crippen molar-refractivity contribution in [2.45, 2.75) is 58.0 Å². The molecule has 1 atom stereocenters. The van der Waals surface area contributed by atoms with Crippen molar-refractivity contribution >= 4 is 17.9 Å². The quantitative estimate of drug-likeness (QED) is 0.658. The summed E-state index contributed by atoms with van der Waals surface area (Å²) in [6.07, 6.45) is -1.87. The van der Waals surface area contributed by atoms with Crippen LogP contribution in [0.3, 0.4) is 0 Å². The van der Waals surface area contributed by atoms with Gasteiger partial charge in [-0.1, -0.05) is 0 Å². The van der Waals surface area contributed by atoms with E-state index in [2.05, 4.69) is 15.3 Å². The minimum atomic E-state index is -4.58. The van der Waals surface area contributed by atoms with E-state index in [-0.39, 0.29) is 23.4 Å². The van der Waals surface area contributed by atoms with Gasteiger partial charge >= 0.3 is 12.3 Å². The Kier molecular flexibility index (Phi) is 7.32. The molecule has 1 fully saturated rings.